The Balaban J connectivity index is 2.03. The van der Waals surface area contributed by atoms with Crippen LogP contribution in [0.5, 0.6) is 5.75 Å². The lowest BCUT2D eigenvalue weighted by Crippen LogP contribution is -2.29. The Morgan fingerprint density at radius 2 is 2.11 bits per heavy atom. The summed E-state index contributed by atoms with van der Waals surface area (Å²) < 4.78 is 10.7. The van der Waals surface area contributed by atoms with Crippen LogP contribution in [0.25, 0.3) is 0 Å². The summed E-state index contributed by atoms with van der Waals surface area (Å²) in [7, 11) is 1.47. The number of ether oxygens (including phenoxy) is 2. The van der Waals surface area contributed by atoms with Crippen molar-refractivity contribution in [1.82, 2.24) is 0 Å². The van der Waals surface area contributed by atoms with Gasteiger partial charge in [0.2, 0.25) is 0 Å². The van der Waals surface area contributed by atoms with E-state index in [0.29, 0.717) is 30.2 Å². The first kappa shape index (κ1) is 18.7. The topological polar surface area (TPSA) is 102 Å². The molecule has 8 heteroatoms. The average molecular weight is 372 g/mol. The minimum absolute atomic E-state index is 0.0734. The lowest BCUT2D eigenvalue weighted by molar-refractivity contribution is -0.384. The summed E-state index contributed by atoms with van der Waals surface area (Å²) in [6.45, 7) is 1.07. The number of para-hydroxylation sites is 2. The van der Waals surface area contributed by atoms with Gasteiger partial charge in [-0.15, -0.1) is 0 Å². The number of nitrogens with zero attached hydrogens (tertiary/aromatic N) is 2. The van der Waals surface area contributed by atoms with E-state index < -0.39 is 16.8 Å². The maximum atomic E-state index is 11.7. The Kier molecular flexibility index (Phi) is 5.56. The average Bonchev–Trinajstić information content (AvgIpc) is 2.66. The minimum Gasteiger partial charge on any atom is -0.490 e. The third kappa shape index (κ3) is 4.01. The fourth-order valence-corrected chi connectivity index (χ4v) is 3.27. The highest BCUT2D eigenvalue weighted by molar-refractivity contribution is 5.77. The Bertz CT molecular complexity index is 854. The maximum Gasteiger partial charge on any atom is 0.304 e. The van der Waals surface area contributed by atoms with E-state index in [-0.39, 0.29) is 18.7 Å². The van der Waals surface area contributed by atoms with Crippen LogP contribution < -0.4 is 9.64 Å². The van der Waals surface area contributed by atoms with Gasteiger partial charge in [0.25, 0.3) is 5.69 Å². The van der Waals surface area contributed by atoms with Gasteiger partial charge in [-0.25, -0.2) is 0 Å². The van der Waals surface area contributed by atoms with Gasteiger partial charge in [0.15, 0.2) is 0 Å². The van der Waals surface area contributed by atoms with Gasteiger partial charge < -0.3 is 19.5 Å². The highest BCUT2D eigenvalue weighted by atomic mass is 16.6. The Morgan fingerprint density at radius 1 is 1.33 bits per heavy atom. The van der Waals surface area contributed by atoms with Crippen molar-refractivity contribution < 1.29 is 24.3 Å². The smallest absolute Gasteiger partial charge is 0.304 e. The van der Waals surface area contributed by atoms with Crippen LogP contribution in [0.1, 0.15) is 17.9 Å². The summed E-state index contributed by atoms with van der Waals surface area (Å²) >= 11 is 0. The molecule has 2 aromatic carbocycles. The highest BCUT2D eigenvalue weighted by Crippen LogP contribution is 2.41. The van der Waals surface area contributed by atoms with Crippen LogP contribution in [-0.2, 0) is 9.53 Å². The number of methoxy groups -OCH3 is 1. The lowest BCUT2D eigenvalue weighted by Gasteiger charge is -2.31. The van der Waals surface area contributed by atoms with Crippen molar-refractivity contribution >= 4 is 23.0 Å². The van der Waals surface area contributed by atoms with Crippen LogP contribution in [-0.4, -0.2) is 42.9 Å². The first-order valence-corrected chi connectivity index (χ1v) is 8.49. The van der Waals surface area contributed by atoms with Crippen LogP contribution >= 0.6 is 0 Å². The maximum absolute atomic E-state index is 11.7. The lowest BCUT2D eigenvalue weighted by atomic mass is 9.95. The SMILES string of the molecule is COCC(CC(=O)O)c1ccc(N2CCOc3ccccc32)c([N+](=O)[O-])c1. The molecule has 1 unspecified atom stereocenters. The molecule has 0 aliphatic carbocycles. The second-order valence-electron chi connectivity index (χ2n) is 6.22. The van der Waals surface area contributed by atoms with Gasteiger partial charge in [-0.05, 0) is 23.8 Å². The summed E-state index contributed by atoms with van der Waals surface area (Å²) in [5, 5.41) is 20.8. The van der Waals surface area contributed by atoms with Gasteiger partial charge in [0.05, 0.1) is 30.2 Å². The number of benzene rings is 2. The number of carbonyl (C=O) groups is 1. The molecule has 1 N–H and O–H groups in total. The van der Waals surface area contributed by atoms with Crippen molar-refractivity contribution in [2.75, 3.05) is 31.8 Å². The molecule has 0 saturated carbocycles. The monoisotopic (exact) mass is 372 g/mol. The first-order chi connectivity index (χ1) is 13.0. The van der Waals surface area contributed by atoms with E-state index in [1.807, 2.05) is 29.2 Å². The molecule has 0 spiro atoms. The van der Waals surface area contributed by atoms with Gasteiger partial charge >= 0.3 is 5.97 Å². The van der Waals surface area contributed by atoms with Crippen molar-refractivity contribution in [3.63, 3.8) is 0 Å². The number of rotatable bonds is 7. The molecule has 1 heterocycles. The third-order valence-corrected chi connectivity index (χ3v) is 4.48. The van der Waals surface area contributed by atoms with Crippen LogP contribution in [0.2, 0.25) is 0 Å². The van der Waals surface area contributed by atoms with E-state index >= 15 is 0 Å². The van der Waals surface area contributed by atoms with Gasteiger partial charge in [-0.2, -0.15) is 0 Å². The molecule has 27 heavy (non-hydrogen) atoms. The summed E-state index contributed by atoms with van der Waals surface area (Å²) in [4.78, 5) is 24.3. The zero-order valence-corrected chi connectivity index (χ0v) is 14.8. The largest absolute Gasteiger partial charge is 0.490 e. The number of anilines is 2. The molecule has 1 aliphatic heterocycles. The minimum atomic E-state index is -0.981. The molecule has 0 radical (unpaired) electrons. The fraction of sp³-hybridized carbons (Fsp3) is 0.316. The highest BCUT2D eigenvalue weighted by Gasteiger charge is 2.27. The van der Waals surface area contributed by atoms with E-state index in [1.165, 1.54) is 13.2 Å². The number of aliphatic carboxylic acids is 1. The van der Waals surface area contributed by atoms with Gasteiger partial charge in [0, 0.05) is 19.1 Å². The zero-order valence-electron chi connectivity index (χ0n) is 14.8. The van der Waals surface area contributed by atoms with E-state index in [0.717, 1.165) is 5.69 Å². The number of carboxylic acid groups (broad SMARTS) is 1. The van der Waals surface area contributed by atoms with Crippen molar-refractivity contribution in [3.05, 3.63) is 58.1 Å². The molecule has 1 atom stereocenters. The van der Waals surface area contributed by atoms with Crippen molar-refractivity contribution in [2.24, 2.45) is 0 Å². The Labute approximate surface area is 156 Å². The molecular formula is C19H20N2O6. The molecule has 0 fully saturated rings. The summed E-state index contributed by atoms with van der Waals surface area (Å²) in [6, 6.07) is 12.2. The van der Waals surface area contributed by atoms with Crippen LogP contribution in [0.4, 0.5) is 17.1 Å². The van der Waals surface area contributed by atoms with Crippen LogP contribution in [0.3, 0.4) is 0 Å². The van der Waals surface area contributed by atoms with Gasteiger partial charge in [-0.3, -0.25) is 14.9 Å². The van der Waals surface area contributed by atoms with Crippen LogP contribution in [0.15, 0.2) is 42.5 Å². The quantitative estimate of drug-likeness (QED) is 0.587. The molecule has 0 bridgehead atoms. The molecule has 0 saturated heterocycles. The predicted molar refractivity (Wildman–Crippen MR) is 98.9 cm³/mol. The number of fused-ring (bicyclic) bond motifs is 1. The standard InChI is InChI=1S/C19H20N2O6/c1-26-12-14(11-19(22)23)13-6-7-15(17(10-13)21(24)25)20-8-9-27-18-5-3-2-4-16(18)20/h2-7,10,14H,8-9,11-12H2,1H3,(H,22,23). The zero-order chi connectivity index (χ0) is 19.4. The number of nitro benzene ring substituents is 1. The molecule has 0 aromatic heterocycles. The van der Waals surface area contributed by atoms with Gasteiger partial charge in [-0.1, -0.05) is 18.2 Å². The van der Waals surface area contributed by atoms with E-state index in [2.05, 4.69) is 0 Å². The fourth-order valence-electron chi connectivity index (χ4n) is 3.27. The normalized spacial score (nSPS) is 14.2. The molecule has 142 valence electrons. The molecule has 2 aromatic rings. The number of hydrogen-bond acceptors (Lipinski definition) is 6. The molecule has 3 rings (SSSR count). The summed E-state index contributed by atoms with van der Waals surface area (Å²) in [6.07, 6.45) is -0.162. The molecule has 0 amide bonds. The van der Waals surface area contributed by atoms with Crippen molar-refractivity contribution in [2.45, 2.75) is 12.3 Å². The molecular weight excluding hydrogens is 352 g/mol. The summed E-state index contributed by atoms with van der Waals surface area (Å²) in [5.41, 5.74) is 1.71. The van der Waals surface area contributed by atoms with Gasteiger partial charge in [0.1, 0.15) is 18.0 Å². The second kappa shape index (κ2) is 8.05. The Morgan fingerprint density at radius 3 is 2.81 bits per heavy atom. The number of nitro groups is 1. The second-order valence-corrected chi connectivity index (χ2v) is 6.22. The predicted octanol–water partition coefficient (Wildman–Crippen LogP) is 3.33. The van der Waals surface area contributed by atoms with E-state index in [9.17, 15) is 14.9 Å². The van der Waals surface area contributed by atoms with E-state index in [4.69, 9.17) is 14.6 Å². The number of hydrogen-bond donors (Lipinski definition) is 1. The van der Waals surface area contributed by atoms with Crippen LogP contribution in [0, 0.1) is 10.1 Å². The molecule has 8 nitrogen and oxygen atoms in total. The number of carboxylic acids is 1. The van der Waals surface area contributed by atoms with E-state index in [1.54, 1.807) is 12.1 Å². The van der Waals surface area contributed by atoms with Crippen molar-refractivity contribution in [1.29, 1.82) is 0 Å². The van der Waals surface area contributed by atoms with Crippen molar-refractivity contribution in [3.8, 4) is 5.75 Å². The first-order valence-electron chi connectivity index (χ1n) is 8.49. The molecule has 1 aliphatic rings. The third-order valence-electron chi connectivity index (χ3n) is 4.48. The summed E-state index contributed by atoms with van der Waals surface area (Å²) in [5.74, 6) is -0.770. The Hall–Kier alpha value is -3.13.